The highest BCUT2D eigenvalue weighted by atomic mass is 16.3. The molecule has 1 saturated heterocycles. The van der Waals surface area contributed by atoms with Crippen LogP contribution in [0.1, 0.15) is 34.7 Å². The lowest BCUT2D eigenvalue weighted by atomic mass is 10.2. The number of aryl methyl sites for hydroxylation is 2. The Morgan fingerprint density at radius 2 is 1.83 bits per heavy atom. The van der Waals surface area contributed by atoms with E-state index in [1.807, 2.05) is 18.7 Å². The number of nitrogens with one attached hydrogen (secondary N) is 1. The first kappa shape index (κ1) is 16.1. The largest absolute Gasteiger partial charge is 0.466 e. The molecule has 0 unspecified atom stereocenters. The fraction of sp³-hybridized carbons (Fsp3) is 0.647. The predicted molar refractivity (Wildman–Crippen MR) is 86.3 cm³/mol. The molecule has 2 aliphatic rings. The minimum atomic E-state index is -0.00157. The van der Waals surface area contributed by atoms with Gasteiger partial charge in [-0.1, -0.05) is 0 Å². The molecular weight excluding hydrogens is 294 g/mol. The maximum Gasteiger partial charge on any atom is 0.257 e. The molecule has 2 fully saturated rings. The summed E-state index contributed by atoms with van der Waals surface area (Å²) in [5.74, 6) is 2.32. The van der Waals surface area contributed by atoms with E-state index in [0.717, 1.165) is 18.2 Å². The van der Waals surface area contributed by atoms with Gasteiger partial charge < -0.3 is 19.5 Å². The third-order valence-corrected chi connectivity index (χ3v) is 4.60. The molecule has 0 radical (unpaired) electrons. The Hall–Kier alpha value is -1.82. The second-order valence-electron chi connectivity index (χ2n) is 6.57. The second kappa shape index (κ2) is 6.74. The molecule has 2 amide bonds. The van der Waals surface area contributed by atoms with Gasteiger partial charge >= 0.3 is 0 Å². The third kappa shape index (κ3) is 3.93. The Morgan fingerprint density at radius 3 is 2.39 bits per heavy atom. The van der Waals surface area contributed by atoms with Crippen molar-refractivity contribution in [3.63, 3.8) is 0 Å². The molecule has 3 rings (SSSR count). The van der Waals surface area contributed by atoms with Crippen LogP contribution < -0.4 is 5.32 Å². The van der Waals surface area contributed by atoms with Crippen molar-refractivity contribution < 1.29 is 14.0 Å². The van der Waals surface area contributed by atoms with Gasteiger partial charge in [0, 0.05) is 26.2 Å². The van der Waals surface area contributed by atoms with E-state index in [1.165, 1.54) is 12.8 Å². The molecule has 23 heavy (non-hydrogen) atoms. The molecule has 1 saturated carbocycles. The Labute approximate surface area is 136 Å². The van der Waals surface area contributed by atoms with Crippen LogP contribution in [0.15, 0.2) is 10.5 Å². The third-order valence-electron chi connectivity index (χ3n) is 4.60. The van der Waals surface area contributed by atoms with Crippen molar-refractivity contribution >= 4 is 11.8 Å². The maximum atomic E-state index is 12.5. The predicted octanol–water partition coefficient (Wildman–Crippen LogP) is 1.18. The lowest BCUT2D eigenvalue weighted by Gasteiger charge is -2.34. The number of carbonyl (C=O) groups excluding carboxylic acids is 2. The number of furan rings is 1. The summed E-state index contributed by atoms with van der Waals surface area (Å²) < 4.78 is 5.43. The first-order valence-corrected chi connectivity index (χ1v) is 8.39. The van der Waals surface area contributed by atoms with Crippen LogP contribution in [-0.4, -0.2) is 60.9 Å². The van der Waals surface area contributed by atoms with E-state index < -0.39 is 0 Å². The van der Waals surface area contributed by atoms with Crippen LogP contribution in [0, 0.1) is 19.8 Å². The molecule has 0 bridgehead atoms. The lowest BCUT2D eigenvalue weighted by molar-refractivity contribution is -0.131. The van der Waals surface area contributed by atoms with Crippen LogP contribution in [0.4, 0.5) is 0 Å². The molecule has 6 nitrogen and oxygen atoms in total. The molecule has 6 heteroatoms. The van der Waals surface area contributed by atoms with Crippen LogP contribution in [-0.2, 0) is 4.79 Å². The molecule has 1 aromatic rings. The maximum absolute atomic E-state index is 12.5. The molecule has 0 aromatic carbocycles. The van der Waals surface area contributed by atoms with E-state index in [4.69, 9.17) is 4.42 Å². The zero-order valence-corrected chi connectivity index (χ0v) is 13.9. The van der Waals surface area contributed by atoms with Crippen LogP contribution in [0.2, 0.25) is 0 Å². The van der Waals surface area contributed by atoms with Crippen LogP contribution in [0.5, 0.6) is 0 Å². The van der Waals surface area contributed by atoms with E-state index in [-0.39, 0.29) is 11.8 Å². The quantitative estimate of drug-likeness (QED) is 0.885. The average molecular weight is 319 g/mol. The minimum Gasteiger partial charge on any atom is -0.466 e. The number of hydrogen-bond donors (Lipinski definition) is 1. The molecule has 1 N–H and O–H groups in total. The summed E-state index contributed by atoms with van der Waals surface area (Å²) in [5, 5.41) is 3.23. The topological polar surface area (TPSA) is 65.8 Å². The summed E-state index contributed by atoms with van der Waals surface area (Å²) in [6.07, 6.45) is 2.57. The van der Waals surface area contributed by atoms with Crippen molar-refractivity contribution in [3.05, 3.63) is 23.2 Å². The first-order valence-electron chi connectivity index (χ1n) is 8.39. The fourth-order valence-electron chi connectivity index (χ4n) is 2.99. The van der Waals surface area contributed by atoms with Gasteiger partial charge in [-0.25, -0.2) is 0 Å². The van der Waals surface area contributed by atoms with Crippen molar-refractivity contribution in [2.75, 3.05) is 39.3 Å². The normalized spacial score (nSPS) is 18.3. The molecule has 1 aromatic heterocycles. The molecule has 126 valence electrons. The molecule has 1 aliphatic carbocycles. The van der Waals surface area contributed by atoms with Gasteiger partial charge in [0.05, 0.1) is 12.1 Å². The SMILES string of the molecule is Cc1cc(C(=O)N2CCN(C(=O)CNCC3CC3)CC2)c(C)o1. The Morgan fingerprint density at radius 1 is 1.17 bits per heavy atom. The zero-order valence-electron chi connectivity index (χ0n) is 13.9. The van der Waals surface area contributed by atoms with E-state index in [0.29, 0.717) is 44.0 Å². The highest BCUT2D eigenvalue weighted by Crippen LogP contribution is 2.27. The number of piperazine rings is 1. The number of nitrogens with zero attached hydrogens (tertiary/aromatic N) is 2. The van der Waals surface area contributed by atoms with E-state index in [9.17, 15) is 9.59 Å². The van der Waals surface area contributed by atoms with E-state index in [2.05, 4.69) is 5.32 Å². The highest BCUT2D eigenvalue weighted by Gasteiger charge is 2.27. The highest BCUT2D eigenvalue weighted by molar-refractivity contribution is 5.95. The van der Waals surface area contributed by atoms with Gasteiger partial charge in [0.25, 0.3) is 5.91 Å². The fourth-order valence-corrected chi connectivity index (χ4v) is 2.99. The number of rotatable bonds is 5. The summed E-state index contributed by atoms with van der Waals surface area (Å²) >= 11 is 0. The van der Waals surface area contributed by atoms with Crippen LogP contribution in [0.25, 0.3) is 0 Å². The Bertz CT molecular complexity index is 584. The average Bonchev–Trinajstić information content (AvgIpc) is 3.30. The molecule has 2 heterocycles. The zero-order chi connectivity index (χ0) is 16.4. The number of carbonyl (C=O) groups is 2. The van der Waals surface area contributed by atoms with E-state index >= 15 is 0 Å². The minimum absolute atomic E-state index is 0.00157. The van der Waals surface area contributed by atoms with Crippen molar-refractivity contribution in [2.45, 2.75) is 26.7 Å². The van der Waals surface area contributed by atoms with Gasteiger partial charge in [-0.3, -0.25) is 9.59 Å². The summed E-state index contributed by atoms with van der Waals surface area (Å²) in [5.41, 5.74) is 0.633. The van der Waals surface area contributed by atoms with Crippen molar-refractivity contribution in [1.29, 1.82) is 0 Å². The smallest absolute Gasteiger partial charge is 0.257 e. The van der Waals surface area contributed by atoms with Crippen LogP contribution in [0.3, 0.4) is 0 Å². The Kier molecular flexibility index (Phi) is 4.71. The second-order valence-corrected chi connectivity index (χ2v) is 6.57. The number of amides is 2. The lowest BCUT2D eigenvalue weighted by Crippen LogP contribution is -2.52. The number of hydrogen-bond acceptors (Lipinski definition) is 4. The monoisotopic (exact) mass is 319 g/mol. The molecule has 0 atom stereocenters. The summed E-state index contributed by atoms with van der Waals surface area (Å²) in [6.45, 7) is 7.37. The van der Waals surface area contributed by atoms with Crippen LogP contribution >= 0.6 is 0 Å². The molecular formula is C17H25N3O3. The Balaban J connectivity index is 1.46. The van der Waals surface area contributed by atoms with Crippen molar-refractivity contribution in [1.82, 2.24) is 15.1 Å². The molecule has 0 spiro atoms. The summed E-state index contributed by atoms with van der Waals surface area (Å²) in [4.78, 5) is 28.3. The van der Waals surface area contributed by atoms with Gasteiger partial charge in [-0.2, -0.15) is 0 Å². The van der Waals surface area contributed by atoms with Gasteiger partial charge in [0.2, 0.25) is 5.91 Å². The van der Waals surface area contributed by atoms with Gasteiger partial charge in [-0.15, -0.1) is 0 Å². The standard InChI is InChI=1S/C17H25N3O3/c1-12-9-15(13(2)23-12)17(22)20-7-5-19(6-8-20)16(21)11-18-10-14-3-4-14/h9,14,18H,3-8,10-11H2,1-2H3. The van der Waals surface area contributed by atoms with E-state index in [1.54, 1.807) is 11.0 Å². The first-order chi connectivity index (χ1) is 11.0. The van der Waals surface area contributed by atoms with Gasteiger partial charge in [0.15, 0.2) is 0 Å². The summed E-state index contributed by atoms with van der Waals surface area (Å²) in [7, 11) is 0. The molecule has 1 aliphatic heterocycles. The van der Waals surface area contributed by atoms with Gasteiger partial charge in [-0.05, 0) is 45.2 Å². The summed E-state index contributed by atoms with van der Waals surface area (Å²) in [6, 6.07) is 1.79. The van der Waals surface area contributed by atoms with Crippen molar-refractivity contribution in [2.24, 2.45) is 5.92 Å². The van der Waals surface area contributed by atoms with Crippen molar-refractivity contribution in [3.8, 4) is 0 Å². The van der Waals surface area contributed by atoms with Gasteiger partial charge in [0.1, 0.15) is 11.5 Å².